The summed E-state index contributed by atoms with van der Waals surface area (Å²) in [4.78, 5) is 20.6. The molecule has 0 fully saturated rings. The van der Waals surface area contributed by atoms with Gasteiger partial charge < -0.3 is 15.3 Å². The number of aliphatic hydroxyl groups excluding tert-OH is 1. The lowest BCUT2D eigenvalue weighted by atomic mass is 10.3. The normalized spacial score (nSPS) is 10.4. The number of unbranched alkanes of at least 4 members (excludes halogenated alkanes) is 1. The Labute approximate surface area is 124 Å². The number of rotatable bonds is 10. The van der Waals surface area contributed by atoms with Crippen molar-refractivity contribution >= 4 is 17.5 Å². The summed E-state index contributed by atoms with van der Waals surface area (Å²) < 4.78 is 0. The molecule has 1 rings (SSSR count). The second kappa shape index (κ2) is 9.06. The van der Waals surface area contributed by atoms with E-state index in [2.05, 4.69) is 15.3 Å². The van der Waals surface area contributed by atoms with Crippen LogP contribution in [0.3, 0.4) is 0 Å². The van der Waals surface area contributed by atoms with E-state index >= 15 is 0 Å². The first-order valence-corrected chi connectivity index (χ1v) is 7.25. The van der Waals surface area contributed by atoms with Gasteiger partial charge in [-0.05, 0) is 12.8 Å². The topological polar surface area (TPSA) is 104 Å². The Morgan fingerprint density at radius 3 is 2.71 bits per heavy atom. The summed E-state index contributed by atoms with van der Waals surface area (Å²) in [6.07, 6.45) is 3.96. The average molecular weight is 297 g/mol. The van der Waals surface area contributed by atoms with Crippen LogP contribution in [0.4, 0.5) is 17.5 Å². The van der Waals surface area contributed by atoms with Gasteiger partial charge in [-0.25, -0.2) is 4.98 Å². The molecule has 0 aliphatic rings. The van der Waals surface area contributed by atoms with Gasteiger partial charge in [-0.1, -0.05) is 20.3 Å². The van der Waals surface area contributed by atoms with Crippen molar-refractivity contribution in [2.75, 3.05) is 36.5 Å². The fourth-order valence-corrected chi connectivity index (χ4v) is 1.84. The van der Waals surface area contributed by atoms with Gasteiger partial charge >= 0.3 is 5.69 Å². The zero-order chi connectivity index (χ0) is 15.7. The van der Waals surface area contributed by atoms with Crippen molar-refractivity contribution < 1.29 is 10.0 Å². The smallest absolute Gasteiger partial charge is 0.329 e. The van der Waals surface area contributed by atoms with E-state index in [4.69, 9.17) is 5.11 Å². The van der Waals surface area contributed by atoms with Gasteiger partial charge in [0, 0.05) is 19.6 Å². The molecule has 1 aromatic rings. The maximum Gasteiger partial charge on any atom is 0.329 e. The van der Waals surface area contributed by atoms with Crippen molar-refractivity contribution in [3.8, 4) is 0 Å². The van der Waals surface area contributed by atoms with Crippen LogP contribution in [0.25, 0.3) is 0 Å². The van der Waals surface area contributed by atoms with E-state index in [0.717, 1.165) is 19.3 Å². The van der Waals surface area contributed by atoms with Crippen LogP contribution in [0.5, 0.6) is 0 Å². The number of hydrogen-bond donors (Lipinski definition) is 2. The summed E-state index contributed by atoms with van der Waals surface area (Å²) in [5.41, 5.74) is -0.137. The summed E-state index contributed by atoms with van der Waals surface area (Å²) in [5.74, 6) is 0.632. The molecular weight excluding hydrogens is 274 g/mol. The van der Waals surface area contributed by atoms with E-state index in [0.29, 0.717) is 25.6 Å². The van der Waals surface area contributed by atoms with Gasteiger partial charge in [-0.2, -0.15) is 4.98 Å². The summed E-state index contributed by atoms with van der Waals surface area (Å²) in [5, 5.41) is 23.3. The first-order valence-electron chi connectivity index (χ1n) is 7.25. The Bertz CT molecular complexity index is 455. The van der Waals surface area contributed by atoms with Gasteiger partial charge in [0.1, 0.15) is 6.20 Å². The molecule has 0 saturated carbocycles. The largest absolute Gasteiger partial charge is 0.395 e. The highest BCUT2D eigenvalue weighted by atomic mass is 16.6. The van der Waals surface area contributed by atoms with Crippen molar-refractivity contribution in [2.24, 2.45) is 0 Å². The predicted octanol–water partition coefficient (Wildman–Crippen LogP) is 1.81. The lowest BCUT2D eigenvalue weighted by molar-refractivity contribution is -0.384. The zero-order valence-electron chi connectivity index (χ0n) is 12.6. The van der Waals surface area contributed by atoms with Crippen molar-refractivity contribution in [3.05, 3.63) is 16.3 Å². The monoisotopic (exact) mass is 297 g/mol. The van der Waals surface area contributed by atoms with Gasteiger partial charge in [0.2, 0.25) is 11.8 Å². The third kappa shape index (κ3) is 5.14. The summed E-state index contributed by atoms with van der Waals surface area (Å²) in [7, 11) is 0. The Balaban J connectivity index is 3.08. The molecule has 2 N–H and O–H groups in total. The average Bonchev–Trinajstić information content (AvgIpc) is 2.49. The van der Waals surface area contributed by atoms with E-state index in [1.165, 1.54) is 6.20 Å². The molecule has 0 aliphatic heterocycles. The standard InChI is InChI=1S/C13H23N5O3/c1-3-5-7-17(8-9-19)12-11(18(20)21)10-15-13(16-12)14-6-4-2/h10,19H,3-9H2,1-2H3,(H,14,15,16). The second-order valence-electron chi connectivity index (χ2n) is 4.65. The van der Waals surface area contributed by atoms with Gasteiger partial charge in [0.15, 0.2) is 0 Å². The molecule has 8 heteroatoms. The van der Waals surface area contributed by atoms with Crippen LogP contribution in [0, 0.1) is 10.1 Å². The molecular formula is C13H23N5O3. The SMILES string of the molecule is CCCCN(CCO)c1nc(NCCC)ncc1[N+](=O)[O-]. The van der Waals surface area contributed by atoms with Gasteiger partial charge in [0.25, 0.3) is 0 Å². The quantitative estimate of drug-likeness (QED) is 0.501. The Morgan fingerprint density at radius 1 is 1.38 bits per heavy atom. The summed E-state index contributed by atoms with van der Waals surface area (Å²) in [6.45, 7) is 5.60. The number of anilines is 2. The number of aromatic nitrogens is 2. The van der Waals surface area contributed by atoms with Crippen molar-refractivity contribution in [1.29, 1.82) is 0 Å². The molecule has 118 valence electrons. The number of aliphatic hydroxyl groups is 1. The van der Waals surface area contributed by atoms with Crippen molar-refractivity contribution in [1.82, 2.24) is 9.97 Å². The van der Waals surface area contributed by atoms with E-state index in [1.54, 1.807) is 4.90 Å². The van der Waals surface area contributed by atoms with Gasteiger partial charge in [0.05, 0.1) is 11.5 Å². The first kappa shape index (κ1) is 17.1. The fourth-order valence-electron chi connectivity index (χ4n) is 1.84. The van der Waals surface area contributed by atoms with Crippen LogP contribution in [0.15, 0.2) is 6.20 Å². The summed E-state index contributed by atoms with van der Waals surface area (Å²) in [6, 6.07) is 0. The van der Waals surface area contributed by atoms with Crippen LogP contribution >= 0.6 is 0 Å². The number of nitro groups is 1. The highest BCUT2D eigenvalue weighted by Gasteiger charge is 2.22. The molecule has 0 unspecified atom stereocenters. The van der Waals surface area contributed by atoms with Crippen molar-refractivity contribution in [3.63, 3.8) is 0 Å². The maximum absolute atomic E-state index is 11.1. The lowest BCUT2D eigenvalue weighted by Crippen LogP contribution is -2.29. The minimum absolute atomic E-state index is 0.0808. The molecule has 0 saturated heterocycles. The van der Waals surface area contributed by atoms with Crippen molar-refractivity contribution in [2.45, 2.75) is 33.1 Å². The Morgan fingerprint density at radius 2 is 2.14 bits per heavy atom. The highest BCUT2D eigenvalue weighted by Crippen LogP contribution is 2.26. The van der Waals surface area contributed by atoms with Gasteiger partial charge in [-0.15, -0.1) is 0 Å². The van der Waals surface area contributed by atoms with Crippen LogP contribution in [0.2, 0.25) is 0 Å². The van der Waals surface area contributed by atoms with Crippen LogP contribution < -0.4 is 10.2 Å². The molecule has 1 aromatic heterocycles. The van der Waals surface area contributed by atoms with E-state index in [1.807, 2.05) is 13.8 Å². The van der Waals surface area contributed by atoms with E-state index in [-0.39, 0.29) is 18.1 Å². The fraction of sp³-hybridized carbons (Fsp3) is 0.692. The number of hydrogen-bond acceptors (Lipinski definition) is 7. The van der Waals surface area contributed by atoms with E-state index < -0.39 is 4.92 Å². The molecule has 0 radical (unpaired) electrons. The molecule has 0 spiro atoms. The van der Waals surface area contributed by atoms with E-state index in [9.17, 15) is 10.1 Å². The molecule has 21 heavy (non-hydrogen) atoms. The molecule has 8 nitrogen and oxygen atoms in total. The van der Waals surface area contributed by atoms with Crippen LogP contribution in [0.1, 0.15) is 33.1 Å². The molecule has 0 amide bonds. The second-order valence-corrected chi connectivity index (χ2v) is 4.65. The summed E-state index contributed by atoms with van der Waals surface area (Å²) >= 11 is 0. The number of nitrogens with zero attached hydrogens (tertiary/aromatic N) is 4. The van der Waals surface area contributed by atoms with Crippen LogP contribution in [-0.2, 0) is 0 Å². The Kier molecular flexibility index (Phi) is 7.38. The highest BCUT2D eigenvalue weighted by molar-refractivity contribution is 5.58. The first-order chi connectivity index (χ1) is 10.1. The third-order valence-corrected chi connectivity index (χ3v) is 2.93. The molecule has 0 bridgehead atoms. The number of nitrogens with one attached hydrogen (secondary N) is 1. The minimum Gasteiger partial charge on any atom is -0.395 e. The third-order valence-electron chi connectivity index (χ3n) is 2.93. The zero-order valence-corrected chi connectivity index (χ0v) is 12.6. The lowest BCUT2D eigenvalue weighted by Gasteiger charge is -2.22. The Hall–Kier alpha value is -1.96. The molecule has 0 aromatic carbocycles. The molecule has 0 aliphatic carbocycles. The predicted molar refractivity (Wildman–Crippen MR) is 81.7 cm³/mol. The molecule has 0 atom stereocenters. The molecule has 1 heterocycles. The minimum atomic E-state index is -0.491. The van der Waals surface area contributed by atoms with Gasteiger partial charge in [-0.3, -0.25) is 10.1 Å². The maximum atomic E-state index is 11.1. The van der Waals surface area contributed by atoms with Crippen LogP contribution in [-0.4, -0.2) is 46.2 Å².